The Kier molecular flexibility index (Phi) is 4.60. The molecule has 4 aromatic rings. The minimum Gasteiger partial charge on any atom is -0.396 e. The number of hydrogen-bond donors (Lipinski definition) is 3. The second kappa shape index (κ2) is 7.47. The van der Waals surface area contributed by atoms with Crippen LogP contribution in [0.4, 0.5) is 5.69 Å². The van der Waals surface area contributed by atoms with E-state index in [1.807, 2.05) is 28.8 Å². The van der Waals surface area contributed by atoms with E-state index in [1.54, 1.807) is 18.5 Å². The van der Waals surface area contributed by atoms with Gasteiger partial charge in [0.05, 0.1) is 16.1 Å². The van der Waals surface area contributed by atoms with Crippen molar-refractivity contribution < 1.29 is 19.6 Å². The molecule has 32 heavy (non-hydrogen) atoms. The van der Waals surface area contributed by atoms with E-state index in [1.165, 1.54) is 12.1 Å². The first-order valence-corrected chi connectivity index (χ1v) is 10.0. The molecule has 0 atom stereocenters. The van der Waals surface area contributed by atoms with Gasteiger partial charge in [0.2, 0.25) is 0 Å². The lowest BCUT2D eigenvalue weighted by Gasteiger charge is -2.03. The number of imide groups is 1. The van der Waals surface area contributed by atoms with Crippen molar-refractivity contribution >= 4 is 50.5 Å². The maximum absolute atomic E-state index is 12.9. The SMILES string of the molecule is O=C1NC(=O)C(c2cn(CCCO)c3ccc([N+](=O)[O-])cc23)=C1c1c[nH]c2ccccc12. The van der Waals surface area contributed by atoms with Crippen molar-refractivity contribution in [2.45, 2.75) is 13.0 Å². The summed E-state index contributed by atoms with van der Waals surface area (Å²) in [6.07, 6.45) is 3.87. The number of amides is 2. The molecule has 0 unspecified atom stereocenters. The van der Waals surface area contributed by atoms with Crippen molar-refractivity contribution in [3.63, 3.8) is 0 Å². The molecule has 0 spiro atoms. The van der Waals surface area contributed by atoms with Gasteiger partial charge >= 0.3 is 0 Å². The van der Waals surface area contributed by atoms with Gasteiger partial charge in [-0.25, -0.2) is 0 Å². The quantitative estimate of drug-likeness (QED) is 0.246. The monoisotopic (exact) mass is 430 g/mol. The number of benzene rings is 2. The summed E-state index contributed by atoms with van der Waals surface area (Å²) in [5.74, 6) is -1.07. The lowest BCUT2D eigenvalue weighted by molar-refractivity contribution is -0.384. The van der Waals surface area contributed by atoms with Crippen LogP contribution in [0.5, 0.6) is 0 Å². The van der Waals surface area contributed by atoms with E-state index in [2.05, 4.69) is 10.3 Å². The first kappa shape index (κ1) is 19.7. The van der Waals surface area contributed by atoms with Crippen molar-refractivity contribution in [1.29, 1.82) is 0 Å². The minimum absolute atomic E-state index is 0.0236. The lowest BCUT2D eigenvalue weighted by Crippen LogP contribution is -2.22. The molecule has 3 heterocycles. The molecule has 160 valence electrons. The highest BCUT2D eigenvalue weighted by atomic mass is 16.6. The number of carbonyl (C=O) groups is 2. The molecule has 0 radical (unpaired) electrons. The Bertz CT molecular complexity index is 1460. The number of nitro benzene ring substituents is 1. The number of non-ortho nitro benzene ring substituents is 1. The van der Waals surface area contributed by atoms with Crippen molar-refractivity contribution in [2.75, 3.05) is 6.61 Å². The summed E-state index contributed by atoms with van der Waals surface area (Å²) >= 11 is 0. The molecule has 1 aliphatic heterocycles. The number of aliphatic hydroxyl groups excluding tert-OH is 1. The molecule has 2 aromatic carbocycles. The molecular weight excluding hydrogens is 412 g/mol. The van der Waals surface area contributed by atoms with Gasteiger partial charge in [0.15, 0.2) is 0 Å². The highest BCUT2D eigenvalue weighted by molar-refractivity contribution is 6.50. The molecule has 0 saturated heterocycles. The Labute approximate surface area is 181 Å². The second-order valence-corrected chi connectivity index (χ2v) is 7.55. The molecule has 0 fully saturated rings. The highest BCUT2D eigenvalue weighted by Gasteiger charge is 2.35. The second-order valence-electron chi connectivity index (χ2n) is 7.55. The number of nitrogens with zero attached hydrogens (tertiary/aromatic N) is 2. The summed E-state index contributed by atoms with van der Waals surface area (Å²) in [7, 11) is 0. The van der Waals surface area contributed by atoms with E-state index >= 15 is 0 Å². The van der Waals surface area contributed by atoms with Crippen LogP contribution < -0.4 is 5.32 Å². The van der Waals surface area contributed by atoms with Gasteiger partial charge in [0.1, 0.15) is 0 Å². The summed E-state index contributed by atoms with van der Waals surface area (Å²) in [6.45, 7) is 0.431. The largest absolute Gasteiger partial charge is 0.396 e. The molecule has 2 amide bonds. The molecule has 0 saturated carbocycles. The highest BCUT2D eigenvalue weighted by Crippen LogP contribution is 2.39. The molecule has 9 heteroatoms. The van der Waals surface area contributed by atoms with Crippen LogP contribution in [0, 0.1) is 10.1 Å². The van der Waals surface area contributed by atoms with Crippen molar-refractivity contribution in [1.82, 2.24) is 14.9 Å². The van der Waals surface area contributed by atoms with Gasteiger partial charge in [0, 0.05) is 70.6 Å². The predicted octanol–water partition coefficient (Wildman–Crippen LogP) is 2.98. The van der Waals surface area contributed by atoms with Crippen LogP contribution >= 0.6 is 0 Å². The number of nitro groups is 1. The van der Waals surface area contributed by atoms with Gasteiger partial charge in [-0.1, -0.05) is 18.2 Å². The van der Waals surface area contributed by atoms with E-state index in [0.29, 0.717) is 35.0 Å². The van der Waals surface area contributed by atoms with E-state index in [0.717, 1.165) is 10.9 Å². The topological polar surface area (TPSA) is 130 Å². The van der Waals surface area contributed by atoms with Gasteiger partial charge in [-0.2, -0.15) is 0 Å². The number of aliphatic hydroxyl groups is 1. The third-order valence-electron chi connectivity index (χ3n) is 5.69. The number of nitrogens with one attached hydrogen (secondary N) is 2. The number of H-pyrrole nitrogens is 1. The average Bonchev–Trinajstić information content (AvgIpc) is 3.44. The van der Waals surface area contributed by atoms with Gasteiger partial charge in [0.25, 0.3) is 17.5 Å². The van der Waals surface area contributed by atoms with Crippen molar-refractivity contribution in [3.05, 3.63) is 76.1 Å². The van der Waals surface area contributed by atoms with Gasteiger partial charge < -0.3 is 14.7 Å². The van der Waals surface area contributed by atoms with Gasteiger partial charge in [-0.05, 0) is 18.6 Å². The summed E-state index contributed by atoms with van der Waals surface area (Å²) in [5.41, 5.74) is 2.80. The van der Waals surface area contributed by atoms with Crippen LogP contribution in [0.3, 0.4) is 0 Å². The maximum Gasteiger partial charge on any atom is 0.270 e. The molecule has 3 N–H and O–H groups in total. The summed E-state index contributed by atoms with van der Waals surface area (Å²) in [6, 6.07) is 11.9. The molecular formula is C23H18N4O5. The number of hydrogen-bond acceptors (Lipinski definition) is 5. The third-order valence-corrected chi connectivity index (χ3v) is 5.69. The molecule has 0 bridgehead atoms. The summed E-state index contributed by atoms with van der Waals surface area (Å²) < 4.78 is 1.83. The lowest BCUT2D eigenvalue weighted by atomic mass is 9.95. The van der Waals surface area contributed by atoms with E-state index in [9.17, 15) is 24.8 Å². The zero-order valence-electron chi connectivity index (χ0n) is 16.8. The molecule has 0 aliphatic carbocycles. The van der Waals surface area contributed by atoms with E-state index in [-0.39, 0.29) is 23.4 Å². The Balaban J connectivity index is 1.81. The Morgan fingerprint density at radius 1 is 1.00 bits per heavy atom. The fourth-order valence-electron chi connectivity index (χ4n) is 4.27. The number of para-hydroxylation sites is 1. The van der Waals surface area contributed by atoms with Crippen LogP contribution in [0.1, 0.15) is 17.5 Å². The number of rotatable bonds is 6. The zero-order chi connectivity index (χ0) is 22.4. The fraction of sp³-hybridized carbons (Fsp3) is 0.130. The molecule has 1 aliphatic rings. The number of carbonyl (C=O) groups excluding carboxylic acids is 2. The number of aromatic amines is 1. The standard InChI is InChI=1S/C23H18N4O5/c28-9-3-8-26-12-17(15-10-13(27(31)32)6-7-19(15)26)21-20(22(29)25-23(21)30)16-11-24-18-5-2-1-4-14(16)18/h1-2,4-7,10-12,24,28H,3,8-9H2,(H,25,29,30). The first-order valence-electron chi connectivity index (χ1n) is 10.0. The number of aryl methyl sites for hydroxylation is 1. The summed E-state index contributed by atoms with van der Waals surface area (Å²) in [4.78, 5) is 39.8. The van der Waals surface area contributed by atoms with Crippen molar-refractivity contribution in [2.24, 2.45) is 0 Å². The fourth-order valence-corrected chi connectivity index (χ4v) is 4.27. The number of aromatic nitrogens is 2. The summed E-state index contributed by atoms with van der Waals surface area (Å²) in [5, 5.41) is 24.3. The van der Waals surface area contributed by atoms with Crippen LogP contribution in [-0.4, -0.2) is 38.0 Å². The first-order chi connectivity index (χ1) is 15.5. The van der Waals surface area contributed by atoms with Crippen LogP contribution in [0.15, 0.2) is 54.9 Å². The van der Waals surface area contributed by atoms with E-state index in [4.69, 9.17) is 0 Å². The molecule has 9 nitrogen and oxygen atoms in total. The predicted molar refractivity (Wildman–Crippen MR) is 119 cm³/mol. The average molecular weight is 430 g/mol. The minimum atomic E-state index is -0.553. The third kappa shape index (κ3) is 2.98. The normalized spacial score (nSPS) is 14.0. The molecule has 5 rings (SSSR count). The smallest absolute Gasteiger partial charge is 0.270 e. The van der Waals surface area contributed by atoms with Crippen molar-refractivity contribution in [3.8, 4) is 0 Å². The van der Waals surface area contributed by atoms with Gasteiger partial charge in [-0.15, -0.1) is 0 Å². The van der Waals surface area contributed by atoms with Crippen LogP contribution in [0.2, 0.25) is 0 Å². The number of fused-ring (bicyclic) bond motifs is 2. The van der Waals surface area contributed by atoms with E-state index < -0.39 is 16.7 Å². The van der Waals surface area contributed by atoms with Crippen LogP contribution in [0.25, 0.3) is 33.0 Å². The molecule has 2 aromatic heterocycles. The zero-order valence-corrected chi connectivity index (χ0v) is 16.8. The van der Waals surface area contributed by atoms with Gasteiger partial charge in [-0.3, -0.25) is 25.0 Å². The Hall–Kier alpha value is -4.24. The maximum atomic E-state index is 12.9. The Morgan fingerprint density at radius 2 is 1.75 bits per heavy atom. The Morgan fingerprint density at radius 3 is 2.50 bits per heavy atom. The van der Waals surface area contributed by atoms with Crippen LogP contribution in [-0.2, 0) is 16.1 Å².